The highest BCUT2D eigenvalue weighted by molar-refractivity contribution is 7.92. The number of benzene rings is 2. The number of halogens is 2. The smallest absolute Gasteiger partial charge is 0.232 e. The third-order valence-corrected chi connectivity index (χ3v) is 6.50. The van der Waals surface area contributed by atoms with Gasteiger partial charge in [0.15, 0.2) is 11.6 Å². The molecule has 33 heavy (non-hydrogen) atoms. The fourth-order valence-corrected chi connectivity index (χ4v) is 4.61. The third-order valence-electron chi connectivity index (χ3n) is 5.02. The van der Waals surface area contributed by atoms with Gasteiger partial charge in [-0.15, -0.1) is 0 Å². The number of anilines is 3. The van der Waals surface area contributed by atoms with Crippen molar-refractivity contribution < 1.29 is 22.0 Å². The van der Waals surface area contributed by atoms with Crippen molar-refractivity contribution in [3.8, 4) is 0 Å². The van der Waals surface area contributed by atoms with Crippen molar-refractivity contribution in [2.24, 2.45) is 0 Å². The van der Waals surface area contributed by atoms with Crippen LogP contribution in [0.4, 0.5) is 26.0 Å². The quantitative estimate of drug-likeness (QED) is 0.518. The van der Waals surface area contributed by atoms with Gasteiger partial charge in [0.25, 0.3) is 0 Å². The molecule has 0 unspecified atom stereocenters. The Morgan fingerprint density at radius 1 is 1.12 bits per heavy atom. The van der Waals surface area contributed by atoms with E-state index in [-0.39, 0.29) is 29.5 Å². The molecule has 0 fully saturated rings. The van der Waals surface area contributed by atoms with E-state index in [1.807, 2.05) is 0 Å². The number of rotatable bonds is 7. The topological polar surface area (TPSA) is 101 Å². The highest BCUT2D eigenvalue weighted by Crippen LogP contribution is 2.32. The molecule has 1 aromatic heterocycles. The van der Waals surface area contributed by atoms with Crippen molar-refractivity contribution in [2.75, 3.05) is 15.8 Å². The number of aromatic nitrogens is 2. The SMILES string of the molecule is CCCS(=O)(=O)Nc1ccc(F)c(Nc2ncnc3ccc(C4=CC=CCC4=O)cc23)c1F. The molecule has 2 aromatic carbocycles. The second kappa shape index (κ2) is 9.07. The van der Waals surface area contributed by atoms with Crippen LogP contribution in [0.15, 0.2) is 54.9 Å². The number of nitrogens with one attached hydrogen (secondary N) is 2. The van der Waals surface area contributed by atoms with Crippen molar-refractivity contribution in [1.82, 2.24) is 9.97 Å². The summed E-state index contributed by atoms with van der Waals surface area (Å²) in [5.74, 6) is -2.17. The lowest BCUT2D eigenvalue weighted by atomic mass is 9.95. The summed E-state index contributed by atoms with van der Waals surface area (Å²) in [7, 11) is -3.78. The first kappa shape index (κ1) is 22.5. The van der Waals surface area contributed by atoms with Gasteiger partial charge in [-0.1, -0.05) is 31.2 Å². The van der Waals surface area contributed by atoms with Crippen molar-refractivity contribution >= 4 is 49.5 Å². The van der Waals surface area contributed by atoms with Crippen LogP contribution in [0.25, 0.3) is 16.5 Å². The summed E-state index contributed by atoms with van der Waals surface area (Å²) >= 11 is 0. The standard InChI is InChI=1S/C23H20F2N4O3S/c1-2-11-33(31,32)29-19-10-8-17(24)22(21(19)25)28-23-16-12-14(7-9-18(16)26-13-27-23)15-5-3-4-6-20(15)30/h3-5,7-10,12-13,29H,2,6,11H2,1H3,(H,26,27,28). The Morgan fingerprint density at radius 3 is 2.70 bits per heavy atom. The number of hydrogen-bond donors (Lipinski definition) is 2. The highest BCUT2D eigenvalue weighted by Gasteiger charge is 2.20. The van der Waals surface area contributed by atoms with Gasteiger partial charge in [0, 0.05) is 17.4 Å². The molecule has 0 atom stereocenters. The molecule has 1 heterocycles. The van der Waals surface area contributed by atoms with Crippen LogP contribution >= 0.6 is 0 Å². The van der Waals surface area contributed by atoms with Gasteiger partial charge in [0.1, 0.15) is 23.6 Å². The van der Waals surface area contributed by atoms with E-state index in [2.05, 4.69) is 20.0 Å². The summed E-state index contributed by atoms with van der Waals surface area (Å²) < 4.78 is 55.8. The number of sulfonamides is 1. The van der Waals surface area contributed by atoms with Gasteiger partial charge >= 0.3 is 0 Å². The number of nitrogens with zero attached hydrogens (tertiary/aromatic N) is 2. The number of carbonyl (C=O) groups is 1. The van der Waals surface area contributed by atoms with E-state index in [0.717, 1.165) is 12.1 Å². The van der Waals surface area contributed by atoms with E-state index in [1.165, 1.54) is 6.33 Å². The van der Waals surface area contributed by atoms with E-state index < -0.39 is 27.3 Å². The van der Waals surface area contributed by atoms with Gasteiger partial charge in [-0.05, 0) is 36.2 Å². The molecule has 3 aromatic rings. The Hall–Kier alpha value is -3.66. The maximum Gasteiger partial charge on any atom is 0.232 e. The van der Waals surface area contributed by atoms with E-state index >= 15 is 4.39 Å². The van der Waals surface area contributed by atoms with Crippen LogP contribution in [0, 0.1) is 11.6 Å². The van der Waals surface area contributed by atoms with Crippen molar-refractivity contribution in [1.29, 1.82) is 0 Å². The lowest BCUT2D eigenvalue weighted by molar-refractivity contribution is -0.113. The van der Waals surface area contributed by atoms with E-state index in [9.17, 15) is 17.6 Å². The highest BCUT2D eigenvalue weighted by atomic mass is 32.2. The largest absolute Gasteiger partial charge is 0.335 e. The number of hydrogen-bond acceptors (Lipinski definition) is 6. The number of ketones is 1. The van der Waals surface area contributed by atoms with Gasteiger partial charge in [-0.25, -0.2) is 27.2 Å². The molecule has 170 valence electrons. The monoisotopic (exact) mass is 470 g/mol. The molecule has 4 rings (SSSR count). The average molecular weight is 471 g/mol. The molecule has 0 bridgehead atoms. The molecule has 0 radical (unpaired) electrons. The number of carbonyl (C=O) groups excluding carboxylic acids is 1. The molecule has 0 amide bonds. The van der Waals surface area contributed by atoms with Crippen LogP contribution in [0.5, 0.6) is 0 Å². The van der Waals surface area contributed by atoms with Gasteiger partial charge in [-0.3, -0.25) is 9.52 Å². The van der Waals surface area contributed by atoms with E-state index in [4.69, 9.17) is 0 Å². The summed E-state index contributed by atoms with van der Waals surface area (Å²) in [4.78, 5) is 20.6. The normalized spacial score (nSPS) is 13.8. The first-order valence-corrected chi connectivity index (χ1v) is 11.8. The van der Waals surface area contributed by atoms with Crippen molar-refractivity contribution in [3.63, 3.8) is 0 Å². The molecular formula is C23H20F2N4O3S. The van der Waals surface area contributed by atoms with Gasteiger partial charge in [0.2, 0.25) is 10.0 Å². The summed E-state index contributed by atoms with van der Waals surface area (Å²) in [6.45, 7) is 1.68. The molecule has 7 nitrogen and oxygen atoms in total. The van der Waals surface area contributed by atoms with Crippen molar-refractivity contribution in [3.05, 3.63) is 72.1 Å². The minimum Gasteiger partial charge on any atom is -0.335 e. The predicted octanol–water partition coefficient (Wildman–Crippen LogP) is 4.72. The lowest BCUT2D eigenvalue weighted by Crippen LogP contribution is -2.17. The van der Waals surface area contributed by atoms with Crippen LogP contribution < -0.4 is 10.0 Å². The summed E-state index contributed by atoms with van der Waals surface area (Å²) in [6.07, 6.45) is 7.12. The molecule has 2 N–H and O–H groups in total. The Morgan fingerprint density at radius 2 is 1.94 bits per heavy atom. The van der Waals surface area contributed by atoms with Crippen LogP contribution in [0.1, 0.15) is 25.3 Å². The Bertz CT molecular complexity index is 1420. The van der Waals surface area contributed by atoms with Gasteiger partial charge in [-0.2, -0.15) is 0 Å². The van der Waals surface area contributed by atoms with Crippen LogP contribution in [0.3, 0.4) is 0 Å². The Kier molecular flexibility index (Phi) is 6.19. The molecule has 1 aliphatic rings. The van der Waals surface area contributed by atoms with Crippen LogP contribution in [0.2, 0.25) is 0 Å². The molecule has 1 aliphatic carbocycles. The van der Waals surface area contributed by atoms with E-state index in [1.54, 1.807) is 43.4 Å². The molecule has 0 aliphatic heterocycles. The zero-order valence-corrected chi connectivity index (χ0v) is 18.4. The fourth-order valence-electron chi connectivity index (χ4n) is 3.47. The second-order valence-electron chi connectivity index (χ2n) is 7.42. The van der Waals surface area contributed by atoms with Gasteiger partial charge in [0.05, 0.1) is 17.0 Å². The number of fused-ring (bicyclic) bond motifs is 1. The molecular weight excluding hydrogens is 450 g/mol. The summed E-state index contributed by atoms with van der Waals surface area (Å²) in [6, 6.07) is 7.08. The third kappa shape index (κ3) is 4.75. The first-order chi connectivity index (χ1) is 15.8. The molecule has 0 spiro atoms. The predicted molar refractivity (Wildman–Crippen MR) is 124 cm³/mol. The lowest BCUT2D eigenvalue weighted by Gasteiger charge is -2.15. The van der Waals surface area contributed by atoms with Crippen LogP contribution in [-0.4, -0.2) is 29.9 Å². The Labute approximate surface area is 189 Å². The second-order valence-corrected chi connectivity index (χ2v) is 9.26. The average Bonchev–Trinajstić information content (AvgIpc) is 2.78. The van der Waals surface area contributed by atoms with Gasteiger partial charge < -0.3 is 5.32 Å². The molecule has 10 heteroatoms. The minimum absolute atomic E-state index is 0.0487. The number of allylic oxidation sites excluding steroid dienone is 4. The zero-order chi connectivity index (χ0) is 23.6. The van der Waals surface area contributed by atoms with Crippen molar-refractivity contribution in [2.45, 2.75) is 19.8 Å². The maximum absolute atomic E-state index is 15.1. The number of Topliss-reactive ketones (excluding diaryl/α,β-unsaturated/α-hetero) is 1. The van der Waals surface area contributed by atoms with Crippen LogP contribution in [-0.2, 0) is 14.8 Å². The van der Waals surface area contributed by atoms with E-state index in [0.29, 0.717) is 28.5 Å². The molecule has 0 saturated heterocycles. The fraction of sp³-hybridized carbons (Fsp3) is 0.174. The summed E-state index contributed by atoms with van der Waals surface area (Å²) in [5.41, 5.74) is 0.691. The maximum atomic E-state index is 15.1. The molecule has 0 saturated carbocycles. The Balaban J connectivity index is 1.75. The summed E-state index contributed by atoms with van der Waals surface area (Å²) in [5, 5.41) is 3.07. The first-order valence-electron chi connectivity index (χ1n) is 10.2. The zero-order valence-electron chi connectivity index (χ0n) is 17.6. The minimum atomic E-state index is -3.78.